The summed E-state index contributed by atoms with van der Waals surface area (Å²) in [6.45, 7) is 0. The first kappa shape index (κ1) is 16.3. The second kappa shape index (κ2) is 6.67. The van der Waals surface area contributed by atoms with Crippen molar-refractivity contribution in [3.63, 3.8) is 0 Å². The number of hydrogen-bond acceptors (Lipinski definition) is 1. The van der Waals surface area contributed by atoms with E-state index in [2.05, 4.69) is 7.57 Å². The number of hydrogen-bond donors (Lipinski definition) is 2. The van der Waals surface area contributed by atoms with E-state index in [0.717, 1.165) is 0 Å². The van der Waals surface area contributed by atoms with Crippen LogP contribution in [0.3, 0.4) is 0 Å². The molecule has 0 heterocycles. The summed E-state index contributed by atoms with van der Waals surface area (Å²) < 4.78 is 9.10. The molecule has 0 saturated heterocycles. The van der Waals surface area contributed by atoms with Gasteiger partial charge >= 0.3 is 71.9 Å². The average molecular weight is 257 g/mol. The Balaban J connectivity index is -0.00000000533. The zero-order chi connectivity index (χ0) is 4.50. The summed E-state index contributed by atoms with van der Waals surface area (Å²) in [6, 6.07) is 0. The summed E-state index contributed by atoms with van der Waals surface area (Å²) in [5.74, 6) is 0. The van der Waals surface area contributed by atoms with Gasteiger partial charge in [0.15, 0.2) is 0 Å². The van der Waals surface area contributed by atoms with Gasteiger partial charge in [-0.15, -0.1) is 0 Å². The molecule has 7 heteroatoms. The first-order valence-electron chi connectivity index (χ1n) is 0.841. The maximum Gasteiger partial charge on any atom is 2.00 e. The van der Waals surface area contributed by atoms with Gasteiger partial charge in [-0.1, -0.05) is 0 Å². The zero-order valence-electron chi connectivity index (χ0n) is 7.74. The molecule has 0 bridgehead atoms. The van der Waals surface area contributed by atoms with Gasteiger partial charge in [0.25, 0.3) is 7.47 Å². The Morgan fingerprint density at radius 2 is 1.57 bits per heavy atom. The summed E-state index contributed by atoms with van der Waals surface area (Å²) in [6.07, 6.45) is 0. The van der Waals surface area contributed by atoms with E-state index in [1.807, 2.05) is 0 Å². The van der Waals surface area contributed by atoms with Crippen molar-refractivity contribution in [2.45, 2.75) is 0 Å². The van der Waals surface area contributed by atoms with Crippen LogP contribution in [0.25, 0.3) is 0 Å². The van der Waals surface area contributed by atoms with Gasteiger partial charge in [0.1, 0.15) is 0 Å². The Kier molecular flexibility index (Phi) is 15.5. The molecule has 0 unspecified atom stereocenters. The Labute approximate surface area is 105 Å². The van der Waals surface area contributed by atoms with Crippen molar-refractivity contribution < 1.29 is 20.1 Å². The molecular formula is H6BBaMgO3P. The molecule has 0 aromatic heterocycles. The van der Waals surface area contributed by atoms with Gasteiger partial charge in [0, 0.05) is 0 Å². The second-order valence-corrected chi connectivity index (χ2v) is 1.77. The third-order valence-electron chi connectivity index (χ3n) is 0. The monoisotopic (exact) mass is 258 g/mol. The fraction of sp³-hybridized carbons (Fsp3) is 0. The zero-order valence-corrected chi connectivity index (χ0v) is 10.5. The fourth-order valence-electron chi connectivity index (χ4n) is 0. The van der Waals surface area contributed by atoms with Crippen molar-refractivity contribution in [2.75, 3.05) is 0 Å². The first-order valence-corrected chi connectivity index (χ1v) is 2.52. The van der Waals surface area contributed by atoms with Gasteiger partial charge in [-0.25, -0.2) is 0 Å². The molecule has 0 aliphatic heterocycles. The topological polar surface area (TPSA) is 57.5 Å². The van der Waals surface area contributed by atoms with Crippen LogP contribution in [-0.2, 0) is 4.57 Å². The molecule has 0 aromatic carbocycles. The minimum absolute atomic E-state index is 0. The molecule has 0 saturated carbocycles. The van der Waals surface area contributed by atoms with Crippen molar-refractivity contribution in [3.05, 3.63) is 0 Å². The van der Waals surface area contributed by atoms with Crippen molar-refractivity contribution in [1.82, 2.24) is 0 Å². The molecule has 0 aliphatic rings. The molecule has 36 valence electrons. The molecule has 0 aliphatic carbocycles. The normalized spacial score (nSPS) is 8.29. The SMILES string of the molecule is [B]P(=O)(O)O.[Ba+2].[H-].[H-].[H-].[H-].[Mg+2]. The van der Waals surface area contributed by atoms with Gasteiger partial charge in [0.05, 0.1) is 0 Å². The minimum Gasteiger partial charge on any atom is -1.00 e. The van der Waals surface area contributed by atoms with Gasteiger partial charge in [-0.2, -0.15) is 0 Å². The molecule has 0 spiro atoms. The molecule has 0 atom stereocenters. The van der Waals surface area contributed by atoms with Crippen LogP contribution in [0.15, 0.2) is 0 Å². The summed E-state index contributed by atoms with van der Waals surface area (Å²) in [5, 5.41) is 0. The van der Waals surface area contributed by atoms with E-state index < -0.39 is 7.47 Å². The van der Waals surface area contributed by atoms with E-state index in [4.69, 9.17) is 14.4 Å². The third kappa shape index (κ3) is 56.4. The Bertz CT molecular complexity index is 71.5. The third-order valence-corrected chi connectivity index (χ3v) is 0. The van der Waals surface area contributed by atoms with Crippen molar-refractivity contribution in [3.8, 4) is 0 Å². The molecule has 0 rings (SSSR count). The Morgan fingerprint density at radius 3 is 1.57 bits per heavy atom. The van der Waals surface area contributed by atoms with Gasteiger partial charge < -0.3 is 15.5 Å². The molecule has 7 heavy (non-hydrogen) atoms. The Morgan fingerprint density at radius 1 is 1.57 bits per heavy atom. The molecular weight excluding hydrogens is 251 g/mol. The van der Waals surface area contributed by atoms with E-state index >= 15 is 0 Å². The molecule has 2 N–H and O–H groups in total. The largest absolute Gasteiger partial charge is 2.00 e. The van der Waals surface area contributed by atoms with Crippen molar-refractivity contribution in [1.29, 1.82) is 0 Å². The van der Waals surface area contributed by atoms with E-state index in [1.165, 1.54) is 0 Å². The van der Waals surface area contributed by atoms with Crippen LogP contribution in [0, 0.1) is 0 Å². The summed E-state index contributed by atoms with van der Waals surface area (Å²) in [7, 11) is -0.118. The van der Waals surface area contributed by atoms with Crippen LogP contribution in [0.4, 0.5) is 0 Å². The van der Waals surface area contributed by atoms with Crippen LogP contribution in [0.5, 0.6) is 0 Å². The van der Waals surface area contributed by atoms with Crippen molar-refractivity contribution in [2.24, 2.45) is 0 Å². The summed E-state index contributed by atoms with van der Waals surface area (Å²) in [5.41, 5.74) is 0. The average Bonchev–Trinajstić information content (AvgIpc) is 0.722. The minimum atomic E-state index is -4.14. The molecule has 3 nitrogen and oxygen atoms in total. The quantitative estimate of drug-likeness (QED) is 0.429. The van der Waals surface area contributed by atoms with E-state index in [9.17, 15) is 0 Å². The maximum atomic E-state index is 9.10. The molecule has 0 fully saturated rings. The van der Waals surface area contributed by atoms with Gasteiger partial charge in [-0.05, 0) is 0 Å². The predicted molar refractivity (Wildman–Crippen MR) is 33.8 cm³/mol. The molecule has 0 amide bonds. The van der Waals surface area contributed by atoms with Crippen LogP contribution >= 0.6 is 7.47 Å². The summed E-state index contributed by atoms with van der Waals surface area (Å²) in [4.78, 5) is 14.8. The van der Waals surface area contributed by atoms with Gasteiger partial charge in [-0.3, -0.25) is 4.57 Å². The smallest absolute Gasteiger partial charge is 1.00 e. The van der Waals surface area contributed by atoms with E-state index in [0.29, 0.717) is 0 Å². The summed E-state index contributed by atoms with van der Waals surface area (Å²) >= 11 is 0. The van der Waals surface area contributed by atoms with Crippen LogP contribution < -0.4 is 0 Å². The van der Waals surface area contributed by atoms with Crippen LogP contribution in [0.2, 0.25) is 0 Å². The molecule has 2 radical (unpaired) electrons. The fourth-order valence-corrected chi connectivity index (χ4v) is 0. The maximum absolute atomic E-state index is 9.10. The standard InChI is InChI=1S/BH2O3P.Ba.Mg.4H/c1-5(2,3)4;;;;;;/h(H2,2,3,4);;;;;;/q;2*+2;4*-1. The predicted octanol–water partition coefficient (Wildman–Crippen LogP) is -1.06. The van der Waals surface area contributed by atoms with Gasteiger partial charge in [0.2, 0.25) is 7.57 Å². The van der Waals surface area contributed by atoms with E-state index in [1.54, 1.807) is 0 Å². The first-order chi connectivity index (χ1) is 2.00. The van der Waals surface area contributed by atoms with Crippen molar-refractivity contribution >= 4 is 87.0 Å². The van der Waals surface area contributed by atoms with Crippen LogP contribution in [-0.4, -0.2) is 89.3 Å². The Hall–Kier alpha value is 2.55. The number of rotatable bonds is 0. The molecule has 0 aromatic rings. The second-order valence-electron chi connectivity index (χ2n) is 0.589. The van der Waals surface area contributed by atoms with E-state index in [-0.39, 0.29) is 77.6 Å². The van der Waals surface area contributed by atoms with Crippen LogP contribution in [0.1, 0.15) is 5.71 Å².